The Hall–Kier alpha value is -2.20. The van der Waals surface area contributed by atoms with Gasteiger partial charge in [-0.05, 0) is 48.9 Å². The number of hydrogen-bond acceptors (Lipinski definition) is 3. The van der Waals surface area contributed by atoms with Gasteiger partial charge in [0, 0.05) is 12.1 Å². The first kappa shape index (κ1) is 18.1. The molecule has 1 aliphatic rings. The molecule has 0 saturated heterocycles. The monoisotopic (exact) mass is 346 g/mol. The van der Waals surface area contributed by atoms with E-state index in [1.54, 1.807) is 0 Å². The molecule has 24 heavy (non-hydrogen) atoms. The summed E-state index contributed by atoms with van der Waals surface area (Å²) in [4.78, 5) is 12.2. The number of carbonyl (C=O) groups is 1. The maximum Gasteiger partial charge on any atom is 0.224 e. The summed E-state index contributed by atoms with van der Waals surface area (Å²) < 4.78 is 5.81. The summed E-state index contributed by atoms with van der Waals surface area (Å²) in [5, 5.41) is 2.94. The summed E-state index contributed by atoms with van der Waals surface area (Å²) in [7, 11) is 0. The zero-order chi connectivity index (χ0) is 16.1. The highest BCUT2D eigenvalue weighted by atomic mass is 35.5. The number of ether oxygens (including phenoxy) is 1. The van der Waals surface area contributed by atoms with Crippen molar-refractivity contribution in [2.45, 2.75) is 25.7 Å². The van der Waals surface area contributed by atoms with E-state index in [1.165, 1.54) is 12.8 Å². The van der Waals surface area contributed by atoms with E-state index in [9.17, 15) is 4.79 Å². The molecule has 1 saturated carbocycles. The van der Waals surface area contributed by atoms with Crippen LogP contribution < -0.4 is 15.8 Å². The number of carbonyl (C=O) groups excluding carboxylic acids is 1. The van der Waals surface area contributed by atoms with Crippen LogP contribution in [-0.2, 0) is 11.2 Å². The number of anilines is 2. The number of hydrogen-bond donors (Lipinski definition) is 2. The van der Waals surface area contributed by atoms with Crippen LogP contribution in [0.1, 0.15) is 24.8 Å². The molecule has 0 unspecified atom stereocenters. The Labute approximate surface area is 148 Å². The van der Waals surface area contributed by atoms with Crippen molar-refractivity contribution in [3.8, 4) is 5.75 Å². The molecule has 0 bridgehead atoms. The van der Waals surface area contributed by atoms with Crippen LogP contribution in [0.5, 0.6) is 5.75 Å². The number of para-hydroxylation sites is 3. The molecule has 3 N–H and O–H groups in total. The molecule has 1 fully saturated rings. The lowest BCUT2D eigenvalue weighted by molar-refractivity contribution is -0.116. The van der Waals surface area contributed by atoms with E-state index >= 15 is 0 Å². The standard InChI is InChI=1S/C19H22N2O2.ClH/c20-16-6-2-1-5-15(16)11-12-19(22)21-17-7-3-4-8-18(17)23-13-14-9-10-14;/h1-8,14H,9-13,20H2,(H,21,22);1H. The average molecular weight is 347 g/mol. The van der Waals surface area contributed by atoms with Crippen LogP contribution >= 0.6 is 12.4 Å². The third-order valence-electron chi connectivity index (χ3n) is 4.01. The van der Waals surface area contributed by atoms with E-state index in [-0.39, 0.29) is 18.3 Å². The first-order chi connectivity index (χ1) is 11.2. The number of halogens is 1. The maximum atomic E-state index is 12.2. The van der Waals surface area contributed by atoms with Crippen molar-refractivity contribution in [3.63, 3.8) is 0 Å². The average Bonchev–Trinajstić information content (AvgIpc) is 3.38. The first-order valence-electron chi connectivity index (χ1n) is 8.07. The largest absolute Gasteiger partial charge is 0.491 e. The summed E-state index contributed by atoms with van der Waals surface area (Å²) in [5.41, 5.74) is 8.37. The molecule has 3 rings (SSSR count). The molecule has 0 atom stereocenters. The molecular weight excluding hydrogens is 324 g/mol. The van der Waals surface area contributed by atoms with Gasteiger partial charge < -0.3 is 15.8 Å². The molecule has 0 radical (unpaired) electrons. The lowest BCUT2D eigenvalue weighted by atomic mass is 10.1. The number of nitrogens with two attached hydrogens (primary N) is 1. The SMILES string of the molecule is Cl.Nc1ccccc1CCC(=O)Nc1ccccc1OCC1CC1. The third kappa shape index (κ3) is 5.17. The van der Waals surface area contributed by atoms with Gasteiger partial charge in [0.15, 0.2) is 0 Å². The van der Waals surface area contributed by atoms with Gasteiger partial charge in [0.1, 0.15) is 5.75 Å². The van der Waals surface area contributed by atoms with Crippen molar-refractivity contribution in [1.29, 1.82) is 0 Å². The minimum atomic E-state index is -0.0317. The van der Waals surface area contributed by atoms with Crippen LogP contribution in [-0.4, -0.2) is 12.5 Å². The fourth-order valence-corrected chi connectivity index (χ4v) is 2.41. The molecule has 128 valence electrons. The Morgan fingerprint density at radius 3 is 2.58 bits per heavy atom. The first-order valence-corrected chi connectivity index (χ1v) is 8.07. The smallest absolute Gasteiger partial charge is 0.224 e. The zero-order valence-electron chi connectivity index (χ0n) is 13.5. The number of nitrogen functional groups attached to an aromatic ring is 1. The van der Waals surface area contributed by atoms with Gasteiger partial charge in [0.25, 0.3) is 0 Å². The van der Waals surface area contributed by atoms with E-state index < -0.39 is 0 Å². The van der Waals surface area contributed by atoms with Crippen LogP contribution in [0.15, 0.2) is 48.5 Å². The van der Waals surface area contributed by atoms with Crippen molar-refractivity contribution < 1.29 is 9.53 Å². The predicted molar refractivity (Wildman–Crippen MR) is 99.7 cm³/mol. The summed E-state index contributed by atoms with van der Waals surface area (Å²) in [6.07, 6.45) is 3.51. The topological polar surface area (TPSA) is 64.4 Å². The van der Waals surface area contributed by atoms with Crippen LogP contribution in [0.25, 0.3) is 0 Å². The molecule has 4 nitrogen and oxygen atoms in total. The van der Waals surface area contributed by atoms with Crippen molar-refractivity contribution >= 4 is 29.7 Å². The van der Waals surface area contributed by atoms with Gasteiger partial charge in [-0.3, -0.25) is 4.79 Å². The van der Waals surface area contributed by atoms with Crippen LogP contribution in [0.2, 0.25) is 0 Å². The molecule has 0 heterocycles. The van der Waals surface area contributed by atoms with Crippen LogP contribution in [0, 0.1) is 5.92 Å². The van der Waals surface area contributed by atoms with E-state index in [0.29, 0.717) is 18.8 Å². The number of nitrogens with one attached hydrogen (secondary N) is 1. The Kier molecular flexibility index (Phi) is 6.50. The molecule has 0 spiro atoms. The Morgan fingerprint density at radius 2 is 1.83 bits per heavy atom. The van der Waals surface area contributed by atoms with E-state index in [0.717, 1.165) is 29.3 Å². The molecule has 0 aromatic heterocycles. The molecule has 1 amide bonds. The van der Waals surface area contributed by atoms with Gasteiger partial charge in [-0.1, -0.05) is 30.3 Å². The van der Waals surface area contributed by atoms with Gasteiger partial charge in [0.05, 0.1) is 12.3 Å². The van der Waals surface area contributed by atoms with Gasteiger partial charge in [0.2, 0.25) is 5.91 Å². The second kappa shape index (κ2) is 8.60. The van der Waals surface area contributed by atoms with Crippen molar-refractivity contribution in [2.24, 2.45) is 5.92 Å². The molecule has 0 aliphatic heterocycles. The fraction of sp³-hybridized carbons (Fsp3) is 0.316. The number of aryl methyl sites for hydroxylation is 1. The van der Waals surface area contributed by atoms with Gasteiger partial charge in [-0.15, -0.1) is 12.4 Å². The molecule has 5 heteroatoms. The highest BCUT2D eigenvalue weighted by molar-refractivity contribution is 5.92. The third-order valence-corrected chi connectivity index (χ3v) is 4.01. The normalized spacial score (nSPS) is 13.0. The van der Waals surface area contributed by atoms with E-state index in [2.05, 4.69) is 5.32 Å². The van der Waals surface area contributed by atoms with E-state index in [1.807, 2.05) is 48.5 Å². The second-order valence-electron chi connectivity index (χ2n) is 6.00. The number of rotatable bonds is 7. The number of amides is 1. The zero-order valence-corrected chi connectivity index (χ0v) is 14.4. The van der Waals surface area contributed by atoms with Crippen molar-refractivity contribution in [2.75, 3.05) is 17.7 Å². The highest BCUT2D eigenvalue weighted by Gasteiger charge is 2.22. The molecule has 1 aliphatic carbocycles. The number of benzene rings is 2. The second-order valence-corrected chi connectivity index (χ2v) is 6.00. The fourth-order valence-electron chi connectivity index (χ4n) is 2.41. The molecule has 2 aromatic carbocycles. The van der Waals surface area contributed by atoms with Gasteiger partial charge in [-0.25, -0.2) is 0 Å². The minimum Gasteiger partial charge on any atom is -0.491 e. The van der Waals surface area contributed by atoms with Crippen molar-refractivity contribution in [3.05, 3.63) is 54.1 Å². The van der Waals surface area contributed by atoms with Crippen LogP contribution in [0.4, 0.5) is 11.4 Å². The summed E-state index contributed by atoms with van der Waals surface area (Å²) in [5.74, 6) is 1.39. The predicted octanol–water partition coefficient (Wildman–Crippen LogP) is 4.05. The lowest BCUT2D eigenvalue weighted by Crippen LogP contribution is -2.14. The Morgan fingerprint density at radius 1 is 1.12 bits per heavy atom. The van der Waals surface area contributed by atoms with Gasteiger partial charge >= 0.3 is 0 Å². The Balaban J connectivity index is 0.00000208. The summed E-state index contributed by atoms with van der Waals surface area (Å²) >= 11 is 0. The van der Waals surface area contributed by atoms with Gasteiger partial charge in [-0.2, -0.15) is 0 Å². The molecular formula is C19H23ClN2O2. The summed E-state index contributed by atoms with van der Waals surface area (Å²) in [6.45, 7) is 0.730. The quantitative estimate of drug-likeness (QED) is 0.743. The van der Waals surface area contributed by atoms with Crippen LogP contribution in [0.3, 0.4) is 0 Å². The lowest BCUT2D eigenvalue weighted by Gasteiger charge is -2.12. The van der Waals surface area contributed by atoms with Crippen molar-refractivity contribution in [1.82, 2.24) is 0 Å². The Bertz CT molecular complexity index is 687. The maximum absolute atomic E-state index is 12.2. The van der Waals surface area contributed by atoms with E-state index in [4.69, 9.17) is 10.5 Å². The summed E-state index contributed by atoms with van der Waals surface area (Å²) in [6, 6.07) is 15.2. The minimum absolute atomic E-state index is 0. The molecule has 2 aromatic rings. The highest BCUT2D eigenvalue weighted by Crippen LogP contribution is 2.31.